The molecule has 0 atom stereocenters. The van der Waals surface area contributed by atoms with Crippen LogP contribution in [0.4, 0.5) is 0 Å². The van der Waals surface area contributed by atoms with E-state index in [4.69, 9.17) is 4.42 Å². The molecule has 0 N–H and O–H groups in total. The Labute approximate surface area is 143 Å². The van der Waals surface area contributed by atoms with Gasteiger partial charge in [-0.2, -0.15) is 4.73 Å². The Bertz CT molecular complexity index is 1180. The van der Waals surface area contributed by atoms with Gasteiger partial charge in [0.1, 0.15) is 10.4 Å². The Morgan fingerprint density at radius 3 is 2.64 bits per heavy atom. The minimum atomic E-state index is -3.71. The second kappa shape index (κ2) is 5.77. The summed E-state index contributed by atoms with van der Waals surface area (Å²) < 4.78 is 53.4. The third kappa shape index (κ3) is 3.07. The summed E-state index contributed by atoms with van der Waals surface area (Å²) >= 11 is 0. The van der Waals surface area contributed by atoms with Gasteiger partial charge in [0.05, 0.1) is 10.6 Å². The molecule has 0 aromatic carbocycles. The molecule has 0 aliphatic heterocycles. The van der Waals surface area contributed by atoms with Gasteiger partial charge in [0, 0.05) is 18.5 Å². The lowest BCUT2D eigenvalue weighted by atomic mass is 10.3. The first-order valence-corrected chi connectivity index (χ1v) is 10.6. The van der Waals surface area contributed by atoms with E-state index in [1.807, 2.05) is 0 Å². The summed E-state index contributed by atoms with van der Waals surface area (Å²) in [5.41, 5.74) is -0.184. The number of sulfone groups is 2. The van der Waals surface area contributed by atoms with E-state index in [1.54, 1.807) is 0 Å². The number of hydrogen-bond acceptors (Lipinski definition) is 8. The van der Waals surface area contributed by atoms with Crippen LogP contribution < -0.4 is 4.73 Å². The zero-order valence-corrected chi connectivity index (χ0v) is 14.8. The number of nitrogens with zero attached hydrogens (tertiary/aromatic N) is 3. The molecule has 0 aliphatic carbocycles. The van der Waals surface area contributed by atoms with Crippen molar-refractivity contribution < 1.29 is 26.0 Å². The zero-order chi connectivity index (χ0) is 18.4. The second-order valence-corrected chi connectivity index (χ2v) is 9.50. The van der Waals surface area contributed by atoms with Crippen LogP contribution >= 0.6 is 0 Å². The fourth-order valence-electron chi connectivity index (χ4n) is 2.19. The Morgan fingerprint density at radius 1 is 1.28 bits per heavy atom. The number of rotatable bonds is 4. The molecule has 9 nitrogen and oxygen atoms in total. The first-order valence-electron chi connectivity index (χ1n) is 7.05. The number of oxazole rings is 1. The monoisotopic (exact) mass is 383 g/mol. The van der Waals surface area contributed by atoms with Gasteiger partial charge in [-0.15, -0.1) is 0 Å². The molecule has 25 heavy (non-hydrogen) atoms. The van der Waals surface area contributed by atoms with E-state index >= 15 is 0 Å². The average Bonchev–Trinajstić information content (AvgIpc) is 2.96. The standard InChI is InChI=1S/C14H13N3O6S2/c1-3-25(21,22)11-5-4-6-17(18)12(11)14-16-10-7-9(24(2,19)20)8-15-13(10)23-14/h4-8H,3H2,1-2H3. The van der Waals surface area contributed by atoms with Crippen LogP contribution in [0.3, 0.4) is 0 Å². The quantitative estimate of drug-likeness (QED) is 0.475. The van der Waals surface area contributed by atoms with E-state index in [1.165, 1.54) is 25.1 Å². The summed E-state index contributed by atoms with van der Waals surface area (Å²) in [6.45, 7) is 1.45. The Kier molecular flexibility index (Phi) is 4.00. The number of pyridine rings is 2. The molecular formula is C14H13N3O6S2. The van der Waals surface area contributed by atoms with E-state index in [0.717, 1.165) is 18.6 Å². The van der Waals surface area contributed by atoms with Crippen LogP contribution in [0, 0.1) is 5.21 Å². The minimum Gasteiger partial charge on any atom is -0.618 e. The van der Waals surface area contributed by atoms with E-state index in [2.05, 4.69) is 9.97 Å². The van der Waals surface area contributed by atoms with Crippen molar-refractivity contribution in [1.82, 2.24) is 9.97 Å². The molecule has 11 heteroatoms. The third-order valence-corrected chi connectivity index (χ3v) is 6.33. The van der Waals surface area contributed by atoms with Gasteiger partial charge in [-0.05, 0) is 12.1 Å². The topological polar surface area (TPSA) is 134 Å². The molecule has 132 valence electrons. The summed E-state index contributed by atoms with van der Waals surface area (Å²) in [7, 11) is -7.21. The number of fused-ring (bicyclic) bond motifs is 1. The maximum absolute atomic E-state index is 12.2. The van der Waals surface area contributed by atoms with Crippen molar-refractivity contribution in [2.45, 2.75) is 16.7 Å². The van der Waals surface area contributed by atoms with Crippen LogP contribution in [0.5, 0.6) is 0 Å². The van der Waals surface area contributed by atoms with Crippen LogP contribution in [0.2, 0.25) is 0 Å². The highest BCUT2D eigenvalue weighted by atomic mass is 32.2. The Hall–Kier alpha value is -2.53. The van der Waals surface area contributed by atoms with Crippen molar-refractivity contribution in [1.29, 1.82) is 0 Å². The molecule has 0 saturated heterocycles. The van der Waals surface area contributed by atoms with Crippen LogP contribution in [0.15, 0.2) is 44.8 Å². The molecule has 0 bridgehead atoms. The minimum absolute atomic E-state index is 0.00824. The van der Waals surface area contributed by atoms with Crippen LogP contribution in [-0.2, 0) is 19.7 Å². The van der Waals surface area contributed by atoms with Gasteiger partial charge in [-0.3, -0.25) is 0 Å². The third-order valence-electron chi connectivity index (χ3n) is 3.49. The molecule has 0 aliphatic rings. The van der Waals surface area contributed by atoms with Gasteiger partial charge in [0.2, 0.25) is 5.71 Å². The molecule has 0 amide bonds. The molecule has 0 saturated carbocycles. The Morgan fingerprint density at radius 2 is 2.00 bits per heavy atom. The molecule has 0 unspecified atom stereocenters. The van der Waals surface area contributed by atoms with Crippen LogP contribution in [0.25, 0.3) is 22.8 Å². The largest absolute Gasteiger partial charge is 0.618 e. The molecule has 3 aromatic heterocycles. The van der Waals surface area contributed by atoms with E-state index in [0.29, 0.717) is 4.73 Å². The Balaban J connectivity index is 2.28. The lowest BCUT2D eigenvalue weighted by Gasteiger charge is -2.06. The average molecular weight is 383 g/mol. The van der Waals surface area contributed by atoms with Crippen LogP contribution in [0.1, 0.15) is 6.92 Å². The normalized spacial score (nSPS) is 12.6. The molecular weight excluding hydrogens is 370 g/mol. The molecule has 0 fully saturated rings. The maximum atomic E-state index is 12.2. The number of aromatic nitrogens is 3. The summed E-state index contributed by atoms with van der Waals surface area (Å²) in [5, 5.41) is 12.1. The molecule has 3 heterocycles. The van der Waals surface area contributed by atoms with Crippen molar-refractivity contribution in [2.24, 2.45) is 0 Å². The van der Waals surface area contributed by atoms with Crippen molar-refractivity contribution >= 4 is 30.9 Å². The van der Waals surface area contributed by atoms with Gasteiger partial charge in [-0.1, -0.05) is 6.92 Å². The summed E-state index contributed by atoms with van der Waals surface area (Å²) in [5.74, 6) is -0.462. The molecule has 0 radical (unpaired) electrons. The second-order valence-electron chi connectivity index (χ2n) is 5.24. The first-order chi connectivity index (χ1) is 11.6. The van der Waals surface area contributed by atoms with Crippen molar-refractivity contribution in [2.75, 3.05) is 12.0 Å². The van der Waals surface area contributed by atoms with E-state index in [-0.39, 0.29) is 38.4 Å². The lowest BCUT2D eigenvalue weighted by molar-refractivity contribution is -0.596. The van der Waals surface area contributed by atoms with Gasteiger partial charge < -0.3 is 9.62 Å². The van der Waals surface area contributed by atoms with Crippen molar-refractivity contribution in [3.63, 3.8) is 0 Å². The highest BCUT2D eigenvalue weighted by Gasteiger charge is 2.29. The summed E-state index contributed by atoms with van der Waals surface area (Å²) in [6, 6.07) is 3.84. The smallest absolute Gasteiger partial charge is 0.298 e. The van der Waals surface area contributed by atoms with E-state index in [9.17, 15) is 22.0 Å². The first kappa shape index (κ1) is 17.3. The highest BCUT2D eigenvalue weighted by Crippen LogP contribution is 2.27. The highest BCUT2D eigenvalue weighted by molar-refractivity contribution is 7.91. The van der Waals surface area contributed by atoms with Crippen molar-refractivity contribution in [3.05, 3.63) is 35.8 Å². The maximum Gasteiger partial charge on any atom is 0.298 e. The van der Waals surface area contributed by atoms with E-state index < -0.39 is 19.7 Å². The van der Waals surface area contributed by atoms with Crippen LogP contribution in [-0.4, -0.2) is 38.8 Å². The van der Waals surface area contributed by atoms with Gasteiger partial charge in [0.25, 0.3) is 11.6 Å². The fourth-order valence-corrected chi connectivity index (χ4v) is 3.82. The summed E-state index contributed by atoms with van der Waals surface area (Å²) in [6.07, 6.45) is 3.24. The SMILES string of the molecule is CCS(=O)(=O)c1ccc[n+]([O-])c1-c1nc2cc(S(C)(=O)=O)cnc2o1. The summed E-state index contributed by atoms with van der Waals surface area (Å²) in [4.78, 5) is 7.63. The molecule has 3 rings (SSSR count). The van der Waals surface area contributed by atoms with Gasteiger partial charge in [-0.25, -0.2) is 26.8 Å². The zero-order valence-electron chi connectivity index (χ0n) is 13.2. The van der Waals surface area contributed by atoms with Gasteiger partial charge >= 0.3 is 0 Å². The fraction of sp³-hybridized carbons (Fsp3) is 0.214. The number of hydrogen-bond donors (Lipinski definition) is 0. The van der Waals surface area contributed by atoms with Crippen molar-refractivity contribution in [3.8, 4) is 11.6 Å². The molecule has 3 aromatic rings. The lowest BCUT2D eigenvalue weighted by Crippen LogP contribution is -2.31. The predicted octanol–water partition coefficient (Wildman–Crippen LogP) is 0.720. The van der Waals surface area contributed by atoms with Gasteiger partial charge in [0.15, 0.2) is 25.9 Å². The molecule has 0 spiro atoms. The predicted molar refractivity (Wildman–Crippen MR) is 87.0 cm³/mol.